The zero-order chi connectivity index (χ0) is 26.5. The van der Waals surface area contributed by atoms with E-state index in [-0.39, 0.29) is 18.8 Å². The Hall–Kier alpha value is -2.63. The van der Waals surface area contributed by atoms with E-state index in [0.717, 1.165) is 5.56 Å². The van der Waals surface area contributed by atoms with Gasteiger partial charge in [-0.15, -0.1) is 0 Å². The van der Waals surface area contributed by atoms with Crippen LogP contribution in [0.4, 0.5) is 0 Å². The van der Waals surface area contributed by atoms with Crippen LogP contribution in [0.5, 0.6) is 0 Å². The fourth-order valence-corrected chi connectivity index (χ4v) is 3.73. The number of carboxylic acid groups (broad SMARTS) is 1. The summed E-state index contributed by atoms with van der Waals surface area (Å²) in [5, 5.41) is 26.6. The predicted molar refractivity (Wildman–Crippen MR) is 136 cm³/mol. The van der Waals surface area contributed by atoms with Crippen molar-refractivity contribution in [2.24, 2.45) is 11.7 Å². The van der Waals surface area contributed by atoms with Gasteiger partial charge in [0.05, 0.1) is 12.1 Å². The monoisotopic (exact) mass is 510 g/mol. The molecule has 0 aliphatic heterocycles. The van der Waals surface area contributed by atoms with E-state index in [0.29, 0.717) is 12.2 Å². The fraction of sp³-hybridized carbons (Fsp3) is 0.583. The number of benzene rings is 1. The summed E-state index contributed by atoms with van der Waals surface area (Å²) in [7, 11) is 0. The molecule has 0 heterocycles. The van der Waals surface area contributed by atoms with Crippen LogP contribution in [0, 0.1) is 5.92 Å². The third kappa shape index (κ3) is 10.3. The van der Waals surface area contributed by atoms with Crippen molar-refractivity contribution in [3.05, 3.63) is 35.9 Å². The Morgan fingerprint density at radius 3 is 2.06 bits per heavy atom. The second kappa shape index (κ2) is 15.4. The molecule has 11 heteroatoms. The molecule has 1 aromatic rings. The minimum Gasteiger partial charge on any atom is -0.480 e. The number of amides is 3. The van der Waals surface area contributed by atoms with Crippen LogP contribution in [-0.2, 0) is 25.6 Å². The van der Waals surface area contributed by atoms with E-state index in [1.807, 2.05) is 50.4 Å². The van der Waals surface area contributed by atoms with Gasteiger partial charge in [0.2, 0.25) is 17.7 Å². The van der Waals surface area contributed by atoms with Gasteiger partial charge in [-0.1, -0.05) is 50.6 Å². The molecule has 1 rings (SSSR count). The molecule has 0 aliphatic rings. The fourth-order valence-electron chi connectivity index (χ4n) is 3.26. The lowest BCUT2D eigenvalue weighted by Gasteiger charge is -2.26. The highest BCUT2D eigenvalue weighted by atomic mass is 32.2. The minimum absolute atomic E-state index is 0.0936. The van der Waals surface area contributed by atoms with E-state index < -0.39 is 54.0 Å². The number of nitrogens with two attached hydrogens (primary N) is 1. The third-order valence-corrected chi connectivity index (χ3v) is 6.41. The second-order valence-corrected chi connectivity index (χ2v) is 9.56. The van der Waals surface area contributed by atoms with Crippen molar-refractivity contribution < 1.29 is 29.4 Å². The lowest BCUT2D eigenvalue weighted by Crippen LogP contribution is -2.59. The number of nitrogens with one attached hydrogen (secondary N) is 3. The number of carbonyl (C=O) groups is 4. The molecule has 0 saturated carbocycles. The lowest BCUT2D eigenvalue weighted by molar-refractivity contribution is -0.145. The van der Waals surface area contributed by atoms with Crippen molar-refractivity contribution >= 4 is 35.5 Å². The van der Waals surface area contributed by atoms with Gasteiger partial charge >= 0.3 is 5.97 Å². The molecule has 196 valence electrons. The Morgan fingerprint density at radius 2 is 1.54 bits per heavy atom. The minimum atomic E-state index is -1.52. The number of aliphatic hydroxyl groups is 1. The lowest BCUT2D eigenvalue weighted by atomic mass is 9.98. The molecule has 0 radical (unpaired) electrons. The summed E-state index contributed by atoms with van der Waals surface area (Å²) in [4.78, 5) is 50.2. The Morgan fingerprint density at radius 1 is 0.971 bits per heavy atom. The molecular weight excluding hydrogens is 472 g/mol. The molecule has 0 saturated heterocycles. The highest BCUT2D eigenvalue weighted by Crippen LogP contribution is 2.09. The molecule has 0 aromatic heterocycles. The average Bonchev–Trinajstić information content (AvgIpc) is 2.83. The van der Waals surface area contributed by atoms with Gasteiger partial charge in [-0.2, -0.15) is 11.8 Å². The van der Waals surface area contributed by atoms with Gasteiger partial charge in [0.25, 0.3) is 0 Å². The van der Waals surface area contributed by atoms with E-state index in [9.17, 15) is 29.4 Å². The zero-order valence-corrected chi connectivity index (χ0v) is 21.5. The molecule has 0 fully saturated rings. The molecule has 0 bridgehead atoms. The van der Waals surface area contributed by atoms with Crippen molar-refractivity contribution in [2.45, 2.75) is 70.3 Å². The number of thioether (sulfide) groups is 1. The molecule has 3 amide bonds. The molecular formula is C24H38N4O6S. The first-order valence-corrected chi connectivity index (χ1v) is 13.0. The SMILES string of the molecule is CCC(C)C(N)C(=O)NC(Cc1ccccc1)C(=O)NC(CCSC)C(=O)NC(C(=O)O)C(C)O. The van der Waals surface area contributed by atoms with Crippen molar-refractivity contribution in [1.29, 1.82) is 0 Å². The van der Waals surface area contributed by atoms with Crippen LogP contribution in [0.3, 0.4) is 0 Å². The van der Waals surface area contributed by atoms with Crippen LogP contribution in [0.25, 0.3) is 0 Å². The summed E-state index contributed by atoms with van der Waals surface area (Å²) in [5.41, 5.74) is 6.85. The smallest absolute Gasteiger partial charge is 0.328 e. The molecule has 10 nitrogen and oxygen atoms in total. The highest BCUT2D eigenvalue weighted by molar-refractivity contribution is 7.98. The van der Waals surface area contributed by atoms with E-state index in [1.54, 1.807) is 0 Å². The average molecular weight is 511 g/mol. The van der Waals surface area contributed by atoms with Gasteiger partial charge in [-0.05, 0) is 36.8 Å². The zero-order valence-electron chi connectivity index (χ0n) is 20.7. The molecule has 7 N–H and O–H groups in total. The first-order chi connectivity index (χ1) is 16.5. The van der Waals surface area contributed by atoms with Crippen LogP contribution in [-0.4, -0.2) is 76.2 Å². The number of hydrogen-bond donors (Lipinski definition) is 6. The predicted octanol–water partition coefficient (Wildman–Crippen LogP) is 0.275. The number of hydrogen-bond acceptors (Lipinski definition) is 7. The van der Waals surface area contributed by atoms with Crippen LogP contribution >= 0.6 is 11.8 Å². The summed E-state index contributed by atoms with van der Waals surface area (Å²) >= 11 is 1.45. The maximum atomic E-state index is 13.3. The molecule has 0 aliphatic carbocycles. The molecule has 6 unspecified atom stereocenters. The van der Waals surface area contributed by atoms with Crippen molar-refractivity contribution in [1.82, 2.24) is 16.0 Å². The summed E-state index contributed by atoms with van der Waals surface area (Å²) < 4.78 is 0. The van der Waals surface area contributed by atoms with Crippen LogP contribution in [0.1, 0.15) is 39.2 Å². The van der Waals surface area contributed by atoms with E-state index in [2.05, 4.69) is 16.0 Å². The first kappa shape index (κ1) is 30.4. The first-order valence-electron chi connectivity index (χ1n) is 11.6. The Bertz CT molecular complexity index is 839. The summed E-state index contributed by atoms with van der Waals surface area (Å²) in [6.45, 7) is 5.01. The van der Waals surface area contributed by atoms with Crippen LogP contribution < -0.4 is 21.7 Å². The molecule has 0 spiro atoms. The normalized spacial score (nSPS) is 16.2. The largest absolute Gasteiger partial charge is 0.480 e. The Balaban J connectivity index is 3.10. The van der Waals surface area contributed by atoms with Gasteiger partial charge in [-0.3, -0.25) is 14.4 Å². The molecule has 1 aromatic carbocycles. The number of aliphatic carboxylic acids is 1. The van der Waals surface area contributed by atoms with Gasteiger partial charge in [0, 0.05) is 6.42 Å². The number of carboxylic acids is 1. The van der Waals surface area contributed by atoms with Gasteiger partial charge < -0.3 is 31.9 Å². The van der Waals surface area contributed by atoms with E-state index in [4.69, 9.17) is 5.73 Å². The maximum absolute atomic E-state index is 13.3. The number of rotatable bonds is 15. The van der Waals surface area contributed by atoms with Gasteiger partial charge in [0.15, 0.2) is 6.04 Å². The topological polar surface area (TPSA) is 171 Å². The Labute approximate surface area is 210 Å². The quantitative estimate of drug-likeness (QED) is 0.195. The van der Waals surface area contributed by atoms with E-state index >= 15 is 0 Å². The van der Waals surface area contributed by atoms with Crippen molar-refractivity contribution in [2.75, 3.05) is 12.0 Å². The van der Waals surface area contributed by atoms with Gasteiger partial charge in [-0.25, -0.2) is 4.79 Å². The van der Waals surface area contributed by atoms with Gasteiger partial charge in [0.1, 0.15) is 12.1 Å². The summed E-state index contributed by atoms with van der Waals surface area (Å²) in [5.74, 6) is -2.77. The highest BCUT2D eigenvalue weighted by Gasteiger charge is 2.32. The summed E-state index contributed by atoms with van der Waals surface area (Å²) in [6.07, 6.45) is 1.59. The molecule has 35 heavy (non-hydrogen) atoms. The summed E-state index contributed by atoms with van der Waals surface area (Å²) in [6, 6.07) is 4.71. The molecule has 6 atom stereocenters. The second-order valence-electron chi connectivity index (χ2n) is 8.57. The van der Waals surface area contributed by atoms with Crippen LogP contribution in [0.15, 0.2) is 30.3 Å². The Kier molecular flexibility index (Phi) is 13.4. The number of aliphatic hydroxyl groups excluding tert-OH is 1. The van der Waals surface area contributed by atoms with Crippen molar-refractivity contribution in [3.63, 3.8) is 0 Å². The standard InChI is InChI=1S/C24H38N4O6S/c1-5-14(2)19(25)23(32)27-18(13-16-9-7-6-8-10-16)22(31)26-17(11-12-35-4)21(30)28-20(15(3)29)24(33)34/h6-10,14-15,17-20,29H,5,11-13,25H2,1-4H3,(H,26,31)(H,27,32)(H,28,30)(H,33,34). The maximum Gasteiger partial charge on any atom is 0.328 e. The van der Waals surface area contributed by atoms with Crippen LogP contribution in [0.2, 0.25) is 0 Å². The number of carbonyl (C=O) groups excluding carboxylic acids is 3. The van der Waals surface area contributed by atoms with E-state index in [1.165, 1.54) is 18.7 Å². The van der Waals surface area contributed by atoms with Crippen molar-refractivity contribution in [3.8, 4) is 0 Å². The third-order valence-electron chi connectivity index (χ3n) is 5.77.